The number of hydrogen-bond acceptors (Lipinski definition) is 7. The molecule has 1 aromatic heterocycles. The van der Waals surface area contributed by atoms with Crippen molar-refractivity contribution in [3.8, 4) is 0 Å². The predicted molar refractivity (Wildman–Crippen MR) is 75.2 cm³/mol. The maximum atomic E-state index is 11.0. The van der Waals surface area contributed by atoms with Crippen molar-refractivity contribution in [3.63, 3.8) is 0 Å². The molecule has 0 spiro atoms. The molecule has 4 N–H and O–H groups in total. The van der Waals surface area contributed by atoms with Gasteiger partial charge >= 0.3 is 0 Å². The molecule has 106 valence electrons. The molecule has 0 bridgehead atoms. The Morgan fingerprint density at radius 2 is 1.95 bits per heavy atom. The Kier molecular flexibility index (Phi) is 5.28. The topological polar surface area (TPSA) is 109 Å². The number of rotatable bonds is 7. The highest BCUT2D eigenvalue weighted by Crippen LogP contribution is 2.12. The maximum absolute atomic E-state index is 11.0. The van der Waals surface area contributed by atoms with Gasteiger partial charge in [0.05, 0.1) is 0 Å². The Labute approximate surface area is 112 Å². The van der Waals surface area contributed by atoms with Gasteiger partial charge in [-0.15, -0.1) is 0 Å². The molecule has 1 unspecified atom stereocenters. The van der Waals surface area contributed by atoms with E-state index in [0.717, 1.165) is 13.0 Å². The number of nitrogens with one attached hydrogen (secondary N) is 2. The second-order valence-corrected chi connectivity index (χ2v) is 4.37. The summed E-state index contributed by atoms with van der Waals surface area (Å²) in [6.45, 7) is 4.47. The van der Waals surface area contributed by atoms with Crippen molar-refractivity contribution in [1.82, 2.24) is 15.0 Å². The first-order valence-electron chi connectivity index (χ1n) is 6.17. The van der Waals surface area contributed by atoms with Gasteiger partial charge in [0, 0.05) is 20.6 Å². The third kappa shape index (κ3) is 4.57. The van der Waals surface area contributed by atoms with E-state index in [4.69, 9.17) is 5.73 Å². The summed E-state index contributed by atoms with van der Waals surface area (Å²) in [4.78, 5) is 25.5. The van der Waals surface area contributed by atoms with E-state index in [1.165, 1.54) is 0 Å². The largest absolute Gasteiger partial charge is 0.368 e. The standard InChI is InChI=1S/C11H21N7O/c1-5-6-13-9-15-10(14-7(2)8(12)19)17-11(16-9)18(3)4/h7H,5-6H2,1-4H3,(H2,12,19)(H2,13,14,15,16,17). The number of nitrogens with two attached hydrogens (primary N) is 1. The maximum Gasteiger partial charge on any atom is 0.239 e. The first-order valence-corrected chi connectivity index (χ1v) is 6.17. The lowest BCUT2D eigenvalue weighted by Crippen LogP contribution is -2.33. The molecule has 1 amide bonds. The number of carbonyl (C=O) groups excluding carboxylic acids is 1. The van der Waals surface area contributed by atoms with Crippen molar-refractivity contribution in [2.45, 2.75) is 26.3 Å². The zero-order valence-electron chi connectivity index (χ0n) is 11.8. The van der Waals surface area contributed by atoms with Crippen LogP contribution in [0.4, 0.5) is 17.8 Å². The van der Waals surface area contributed by atoms with Gasteiger partial charge in [-0.05, 0) is 13.3 Å². The fraction of sp³-hybridized carbons (Fsp3) is 0.636. The number of aromatic nitrogens is 3. The molecule has 0 aliphatic rings. The molecule has 0 fully saturated rings. The summed E-state index contributed by atoms with van der Waals surface area (Å²) >= 11 is 0. The first kappa shape index (κ1) is 14.9. The van der Waals surface area contributed by atoms with Gasteiger partial charge in [-0.1, -0.05) is 6.92 Å². The molecular formula is C11H21N7O. The van der Waals surface area contributed by atoms with Crippen LogP contribution in [0.2, 0.25) is 0 Å². The summed E-state index contributed by atoms with van der Waals surface area (Å²) < 4.78 is 0. The SMILES string of the molecule is CCCNc1nc(NC(C)C(N)=O)nc(N(C)C)n1. The number of carbonyl (C=O) groups is 1. The number of nitrogens with zero attached hydrogens (tertiary/aromatic N) is 4. The molecule has 1 aromatic rings. The summed E-state index contributed by atoms with van der Waals surface area (Å²) in [6.07, 6.45) is 0.962. The molecule has 0 aromatic carbocycles. The van der Waals surface area contributed by atoms with Gasteiger partial charge < -0.3 is 21.3 Å². The Morgan fingerprint density at radius 1 is 1.32 bits per heavy atom. The first-order chi connectivity index (χ1) is 8.93. The number of amides is 1. The van der Waals surface area contributed by atoms with E-state index >= 15 is 0 Å². The van der Waals surface area contributed by atoms with Gasteiger partial charge in [-0.3, -0.25) is 4.79 Å². The van der Waals surface area contributed by atoms with E-state index in [1.54, 1.807) is 11.8 Å². The van der Waals surface area contributed by atoms with E-state index in [-0.39, 0.29) is 0 Å². The normalized spacial score (nSPS) is 11.8. The van der Waals surface area contributed by atoms with Crippen molar-refractivity contribution >= 4 is 23.8 Å². The van der Waals surface area contributed by atoms with E-state index in [2.05, 4.69) is 32.5 Å². The summed E-state index contributed by atoms with van der Waals surface area (Å²) in [5.41, 5.74) is 5.20. The van der Waals surface area contributed by atoms with Gasteiger partial charge in [0.1, 0.15) is 6.04 Å². The summed E-state index contributed by atoms with van der Waals surface area (Å²) in [5, 5.41) is 5.94. The van der Waals surface area contributed by atoms with Gasteiger partial charge in [0.15, 0.2) is 0 Å². The minimum Gasteiger partial charge on any atom is -0.368 e. The lowest BCUT2D eigenvalue weighted by Gasteiger charge is -2.15. The monoisotopic (exact) mass is 267 g/mol. The average molecular weight is 267 g/mol. The molecule has 0 aliphatic carbocycles. The third-order valence-electron chi connectivity index (χ3n) is 2.33. The van der Waals surface area contributed by atoms with Crippen molar-refractivity contribution in [2.24, 2.45) is 5.73 Å². The van der Waals surface area contributed by atoms with Crippen LogP contribution in [0.3, 0.4) is 0 Å². The molecule has 1 atom stereocenters. The smallest absolute Gasteiger partial charge is 0.239 e. The summed E-state index contributed by atoms with van der Waals surface area (Å²) in [5.74, 6) is 0.839. The zero-order chi connectivity index (χ0) is 14.4. The highest BCUT2D eigenvalue weighted by Gasteiger charge is 2.13. The quantitative estimate of drug-likeness (QED) is 0.640. The average Bonchev–Trinajstić information content (AvgIpc) is 2.35. The van der Waals surface area contributed by atoms with Crippen LogP contribution in [0.25, 0.3) is 0 Å². The minimum atomic E-state index is -0.545. The fourth-order valence-electron chi connectivity index (χ4n) is 1.21. The van der Waals surface area contributed by atoms with Crippen LogP contribution in [0.1, 0.15) is 20.3 Å². The van der Waals surface area contributed by atoms with Gasteiger partial charge in [-0.2, -0.15) is 15.0 Å². The highest BCUT2D eigenvalue weighted by atomic mass is 16.1. The van der Waals surface area contributed by atoms with Crippen LogP contribution in [-0.2, 0) is 4.79 Å². The van der Waals surface area contributed by atoms with Crippen LogP contribution in [0, 0.1) is 0 Å². The molecule has 0 saturated carbocycles. The second kappa shape index (κ2) is 6.72. The molecule has 1 rings (SSSR count). The van der Waals surface area contributed by atoms with Gasteiger partial charge in [0.2, 0.25) is 23.8 Å². The van der Waals surface area contributed by atoms with Crippen LogP contribution in [0.5, 0.6) is 0 Å². The Bertz CT molecular complexity index is 435. The molecule has 8 nitrogen and oxygen atoms in total. The lowest BCUT2D eigenvalue weighted by atomic mass is 10.3. The highest BCUT2D eigenvalue weighted by molar-refractivity contribution is 5.81. The number of hydrogen-bond donors (Lipinski definition) is 3. The molecule has 0 aliphatic heterocycles. The van der Waals surface area contributed by atoms with E-state index < -0.39 is 11.9 Å². The summed E-state index contributed by atoms with van der Waals surface area (Å²) in [6, 6.07) is -0.545. The fourth-order valence-corrected chi connectivity index (χ4v) is 1.21. The van der Waals surface area contributed by atoms with Gasteiger partial charge in [-0.25, -0.2) is 0 Å². The molecule has 0 saturated heterocycles. The van der Waals surface area contributed by atoms with Gasteiger partial charge in [0.25, 0.3) is 0 Å². The molecular weight excluding hydrogens is 246 g/mol. The lowest BCUT2D eigenvalue weighted by molar-refractivity contribution is -0.118. The molecule has 8 heteroatoms. The van der Waals surface area contributed by atoms with Crippen LogP contribution in [0.15, 0.2) is 0 Å². The predicted octanol–water partition coefficient (Wildman–Crippen LogP) is 0.0452. The minimum absolute atomic E-state index is 0.323. The number of anilines is 3. The summed E-state index contributed by atoms with van der Waals surface area (Å²) in [7, 11) is 3.67. The Morgan fingerprint density at radius 3 is 2.47 bits per heavy atom. The van der Waals surface area contributed by atoms with E-state index in [1.807, 2.05) is 14.1 Å². The molecule has 1 heterocycles. The second-order valence-electron chi connectivity index (χ2n) is 4.37. The molecule has 19 heavy (non-hydrogen) atoms. The Balaban J connectivity index is 2.95. The van der Waals surface area contributed by atoms with Crippen molar-refractivity contribution in [1.29, 1.82) is 0 Å². The van der Waals surface area contributed by atoms with E-state index in [9.17, 15) is 4.79 Å². The van der Waals surface area contributed by atoms with Crippen molar-refractivity contribution in [2.75, 3.05) is 36.2 Å². The Hall–Kier alpha value is -2.12. The van der Waals surface area contributed by atoms with Crippen molar-refractivity contribution < 1.29 is 4.79 Å². The van der Waals surface area contributed by atoms with Crippen LogP contribution < -0.4 is 21.3 Å². The number of primary amides is 1. The van der Waals surface area contributed by atoms with Crippen LogP contribution >= 0.6 is 0 Å². The van der Waals surface area contributed by atoms with E-state index in [0.29, 0.717) is 17.8 Å². The van der Waals surface area contributed by atoms with Crippen molar-refractivity contribution in [3.05, 3.63) is 0 Å². The molecule has 0 radical (unpaired) electrons. The van der Waals surface area contributed by atoms with Crippen LogP contribution in [-0.4, -0.2) is 47.5 Å². The zero-order valence-corrected chi connectivity index (χ0v) is 11.8. The third-order valence-corrected chi connectivity index (χ3v) is 2.33.